The quantitative estimate of drug-likeness (QED) is 0.373. The van der Waals surface area contributed by atoms with Gasteiger partial charge in [0.05, 0.1) is 31.7 Å². The first-order chi connectivity index (χ1) is 16.3. The minimum Gasteiger partial charge on any atom is -0.497 e. The number of benzene rings is 2. The lowest BCUT2D eigenvalue weighted by molar-refractivity contribution is 0.355. The van der Waals surface area contributed by atoms with Crippen LogP contribution in [0.4, 0.5) is 0 Å². The van der Waals surface area contributed by atoms with Gasteiger partial charge in [-0.3, -0.25) is 4.79 Å². The van der Waals surface area contributed by atoms with Gasteiger partial charge in [-0.1, -0.05) is 6.07 Å². The van der Waals surface area contributed by atoms with Crippen LogP contribution in [0.5, 0.6) is 17.2 Å². The molecular formula is C24H24N2O6S2. The van der Waals surface area contributed by atoms with Gasteiger partial charge < -0.3 is 19.2 Å². The monoisotopic (exact) mass is 500 g/mol. The second-order valence-corrected chi connectivity index (χ2v) is 10.4. The van der Waals surface area contributed by atoms with E-state index in [-0.39, 0.29) is 23.5 Å². The highest BCUT2D eigenvalue weighted by Crippen LogP contribution is 2.31. The molecule has 0 saturated carbocycles. The third-order valence-corrected chi connectivity index (χ3v) is 8.05. The lowest BCUT2D eigenvalue weighted by atomic mass is 10.1. The van der Waals surface area contributed by atoms with Gasteiger partial charge in [-0.25, -0.2) is 8.42 Å². The van der Waals surface area contributed by atoms with Crippen molar-refractivity contribution in [3.05, 3.63) is 80.8 Å². The molecule has 8 nitrogen and oxygen atoms in total. The molecule has 0 aliphatic carbocycles. The molecule has 178 valence electrons. The van der Waals surface area contributed by atoms with Gasteiger partial charge in [0.25, 0.3) is 5.56 Å². The van der Waals surface area contributed by atoms with Gasteiger partial charge >= 0.3 is 0 Å². The van der Waals surface area contributed by atoms with E-state index in [1.165, 1.54) is 49.1 Å². The number of nitrogens with zero attached hydrogens (tertiary/aromatic N) is 1. The number of thiophene rings is 1. The molecule has 0 aliphatic rings. The van der Waals surface area contributed by atoms with Crippen LogP contribution in [0.3, 0.4) is 0 Å². The molecule has 2 heterocycles. The summed E-state index contributed by atoms with van der Waals surface area (Å²) in [7, 11) is 0.655. The largest absolute Gasteiger partial charge is 0.497 e. The fourth-order valence-electron chi connectivity index (χ4n) is 3.58. The van der Waals surface area contributed by atoms with Crippen LogP contribution in [-0.4, -0.2) is 39.0 Å². The molecule has 0 radical (unpaired) electrons. The molecule has 0 atom stereocenters. The lowest BCUT2D eigenvalue weighted by Crippen LogP contribution is -2.32. The van der Waals surface area contributed by atoms with Crippen molar-refractivity contribution < 1.29 is 22.6 Å². The lowest BCUT2D eigenvalue weighted by Gasteiger charge is -2.22. The number of aromatic amines is 1. The fourth-order valence-corrected chi connectivity index (χ4v) is 5.78. The van der Waals surface area contributed by atoms with Crippen LogP contribution in [0, 0.1) is 0 Å². The average molecular weight is 501 g/mol. The number of hydrogen-bond donors (Lipinski definition) is 1. The van der Waals surface area contributed by atoms with Gasteiger partial charge in [-0.15, -0.1) is 11.3 Å². The Labute approximate surface area is 201 Å². The van der Waals surface area contributed by atoms with E-state index in [9.17, 15) is 13.2 Å². The first kappa shape index (κ1) is 23.8. The Balaban J connectivity index is 1.76. The number of pyridine rings is 1. The van der Waals surface area contributed by atoms with Crippen molar-refractivity contribution >= 4 is 32.3 Å². The molecule has 0 aliphatic heterocycles. The van der Waals surface area contributed by atoms with Gasteiger partial charge in [0.2, 0.25) is 10.0 Å². The van der Waals surface area contributed by atoms with Gasteiger partial charge in [-0.05, 0) is 47.8 Å². The number of ether oxygens (including phenoxy) is 3. The predicted octanol–water partition coefficient (Wildman–Crippen LogP) is 4.01. The maximum absolute atomic E-state index is 13.6. The molecule has 10 heteroatoms. The molecule has 0 amide bonds. The number of fused-ring (bicyclic) bond motifs is 1. The predicted molar refractivity (Wildman–Crippen MR) is 131 cm³/mol. The summed E-state index contributed by atoms with van der Waals surface area (Å²) in [6.45, 7) is 0.0291. The minimum absolute atomic E-state index is 0.105. The summed E-state index contributed by atoms with van der Waals surface area (Å²) < 4.78 is 44.2. The molecule has 0 saturated heterocycles. The Bertz CT molecular complexity index is 1450. The van der Waals surface area contributed by atoms with Gasteiger partial charge in [0, 0.05) is 35.0 Å². The number of methoxy groups -OCH3 is 3. The van der Waals surface area contributed by atoms with Gasteiger partial charge in [0.1, 0.15) is 5.75 Å². The van der Waals surface area contributed by atoms with Crippen molar-refractivity contribution in [1.29, 1.82) is 0 Å². The van der Waals surface area contributed by atoms with Crippen LogP contribution in [0.25, 0.3) is 10.9 Å². The van der Waals surface area contributed by atoms with Crippen LogP contribution in [0.1, 0.15) is 10.4 Å². The molecule has 2 aromatic heterocycles. The van der Waals surface area contributed by atoms with Crippen molar-refractivity contribution in [1.82, 2.24) is 9.29 Å². The zero-order chi connectivity index (χ0) is 24.3. The highest BCUT2D eigenvalue weighted by molar-refractivity contribution is 7.89. The topological polar surface area (TPSA) is 97.9 Å². The molecule has 0 bridgehead atoms. The van der Waals surface area contributed by atoms with E-state index in [1.54, 1.807) is 30.3 Å². The average Bonchev–Trinajstić information content (AvgIpc) is 3.36. The summed E-state index contributed by atoms with van der Waals surface area (Å²) in [5.74, 6) is 1.55. The Morgan fingerprint density at radius 1 is 0.912 bits per heavy atom. The first-order valence-corrected chi connectivity index (χ1v) is 12.6. The third-order valence-electron chi connectivity index (χ3n) is 5.38. The van der Waals surface area contributed by atoms with Crippen LogP contribution in [0.2, 0.25) is 0 Å². The van der Waals surface area contributed by atoms with E-state index in [0.717, 1.165) is 4.88 Å². The third kappa shape index (κ3) is 4.79. The normalized spacial score (nSPS) is 11.6. The van der Waals surface area contributed by atoms with E-state index in [1.807, 2.05) is 17.5 Å². The minimum atomic E-state index is -3.91. The smallest absolute Gasteiger partial charge is 0.252 e. The maximum atomic E-state index is 13.6. The molecular weight excluding hydrogens is 476 g/mol. The van der Waals surface area contributed by atoms with Crippen molar-refractivity contribution in [2.45, 2.75) is 18.0 Å². The molecule has 2 aromatic carbocycles. The van der Waals surface area contributed by atoms with Crippen LogP contribution >= 0.6 is 11.3 Å². The number of H-pyrrole nitrogens is 1. The maximum Gasteiger partial charge on any atom is 0.252 e. The summed E-state index contributed by atoms with van der Waals surface area (Å²) in [6.07, 6.45) is 0. The van der Waals surface area contributed by atoms with Crippen LogP contribution in [0.15, 0.2) is 69.7 Å². The molecule has 0 spiro atoms. The summed E-state index contributed by atoms with van der Waals surface area (Å²) >= 11 is 1.45. The highest BCUT2D eigenvalue weighted by Gasteiger charge is 2.26. The standard InChI is InChI=1S/C24H24N2O6S2/c1-30-18-6-8-20(9-7-18)34(28,29)26(15-19-5-4-10-33-19)14-17-11-16-12-22(31-2)23(32-3)13-21(16)25-24(17)27/h4-13H,14-15H2,1-3H3,(H,25,27). The number of nitrogens with one attached hydrogen (secondary N) is 1. The summed E-state index contributed by atoms with van der Waals surface area (Å²) in [5.41, 5.74) is 0.503. The molecule has 4 rings (SSSR count). The zero-order valence-electron chi connectivity index (χ0n) is 18.9. The van der Waals surface area contributed by atoms with Crippen molar-refractivity contribution in [2.75, 3.05) is 21.3 Å². The summed E-state index contributed by atoms with van der Waals surface area (Å²) in [4.78, 5) is 16.7. The Morgan fingerprint density at radius 2 is 1.62 bits per heavy atom. The molecule has 0 fully saturated rings. The fraction of sp³-hybridized carbons (Fsp3) is 0.208. The second-order valence-electron chi connectivity index (χ2n) is 7.45. The second kappa shape index (κ2) is 9.88. The van der Waals surface area contributed by atoms with E-state index in [0.29, 0.717) is 33.7 Å². The molecule has 0 unspecified atom stereocenters. The van der Waals surface area contributed by atoms with E-state index >= 15 is 0 Å². The zero-order valence-corrected chi connectivity index (χ0v) is 20.5. The number of sulfonamides is 1. The van der Waals surface area contributed by atoms with E-state index in [4.69, 9.17) is 14.2 Å². The number of rotatable bonds is 9. The van der Waals surface area contributed by atoms with Crippen molar-refractivity contribution in [2.24, 2.45) is 0 Å². The van der Waals surface area contributed by atoms with E-state index in [2.05, 4.69) is 4.98 Å². The summed E-state index contributed by atoms with van der Waals surface area (Å²) in [5, 5.41) is 2.58. The number of hydrogen-bond acceptors (Lipinski definition) is 7. The van der Waals surface area contributed by atoms with Crippen LogP contribution in [-0.2, 0) is 23.1 Å². The molecule has 4 aromatic rings. The first-order valence-electron chi connectivity index (χ1n) is 10.3. The van der Waals surface area contributed by atoms with Crippen LogP contribution < -0.4 is 19.8 Å². The van der Waals surface area contributed by atoms with E-state index < -0.39 is 10.0 Å². The Kier molecular flexibility index (Phi) is 6.92. The van der Waals surface area contributed by atoms with Gasteiger partial charge in [-0.2, -0.15) is 4.31 Å². The van der Waals surface area contributed by atoms with Crippen molar-refractivity contribution in [3.63, 3.8) is 0 Å². The van der Waals surface area contributed by atoms with Crippen molar-refractivity contribution in [3.8, 4) is 17.2 Å². The Morgan fingerprint density at radius 3 is 2.24 bits per heavy atom. The number of aromatic nitrogens is 1. The summed E-state index contributed by atoms with van der Waals surface area (Å²) in [6, 6.07) is 15.0. The highest BCUT2D eigenvalue weighted by atomic mass is 32.2. The van der Waals surface area contributed by atoms with Gasteiger partial charge in [0.15, 0.2) is 11.5 Å². The molecule has 34 heavy (non-hydrogen) atoms. The molecule has 1 N–H and O–H groups in total. The Hall–Kier alpha value is -3.34. The SMILES string of the molecule is COc1ccc(S(=O)(=O)N(Cc2cccs2)Cc2cc3cc(OC)c(OC)cc3[nH]c2=O)cc1.